The molecule has 0 heterocycles. The molecule has 0 amide bonds. The van der Waals surface area contributed by atoms with Crippen LogP contribution >= 0.6 is 0 Å². The van der Waals surface area contributed by atoms with Gasteiger partial charge in [0.25, 0.3) is 0 Å². The van der Waals surface area contributed by atoms with Gasteiger partial charge in [0.05, 0.1) is 46.2 Å². The first-order valence-corrected chi connectivity index (χ1v) is 6.46. The molecule has 104 valence electrons. The topological polar surface area (TPSA) is 60.0 Å². The zero-order valence-corrected chi connectivity index (χ0v) is 11.0. The minimum atomic E-state index is 0.0636. The summed E-state index contributed by atoms with van der Waals surface area (Å²) in [5, 5.41) is 11.8. The first-order valence-electron chi connectivity index (χ1n) is 6.46. The van der Waals surface area contributed by atoms with E-state index < -0.39 is 0 Å². The van der Waals surface area contributed by atoms with Crippen molar-refractivity contribution in [3.63, 3.8) is 0 Å². The third-order valence-corrected chi connectivity index (χ3v) is 2.11. The van der Waals surface area contributed by atoms with Gasteiger partial charge in [0.15, 0.2) is 0 Å². The van der Waals surface area contributed by atoms with Crippen molar-refractivity contribution in [2.45, 2.75) is 19.8 Å². The second-order valence-corrected chi connectivity index (χ2v) is 3.66. The van der Waals surface area contributed by atoms with Gasteiger partial charge in [0, 0.05) is 6.54 Å². The molecule has 0 aromatic rings. The molecule has 0 fully saturated rings. The third kappa shape index (κ3) is 15.8. The summed E-state index contributed by atoms with van der Waals surface area (Å²) in [6.45, 7) is 7.62. The zero-order valence-electron chi connectivity index (χ0n) is 11.0. The Kier molecular flexibility index (Phi) is 15.6. The number of rotatable bonds is 14. The Hall–Kier alpha value is -0.200. The number of hydrogen-bond donors (Lipinski definition) is 2. The first-order chi connectivity index (χ1) is 8.41. The highest BCUT2D eigenvalue weighted by Crippen LogP contribution is 1.83. The van der Waals surface area contributed by atoms with E-state index in [1.54, 1.807) is 0 Å². The molecule has 0 saturated carbocycles. The fraction of sp³-hybridized carbons (Fsp3) is 1.00. The molecule has 0 radical (unpaired) electrons. The standard InChI is InChI=1S/C12H27NO4/c1-2-3-4-13-5-7-15-9-11-17-12-10-16-8-6-14/h13-14H,2-12H2,1H3. The largest absolute Gasteiger partial charge is 0.394 e. The third-order valence-electron chi connectivity index (χ3n) is 2.11. The van der Waals surface area contributed by atoms with Gasteiger partial charge in [-0.15, -0.1) is 0 Å². The molecule has 0 spiro atoms. The van der Waals surface area contributed by atoms with Gasteiger partial charge >= 0.3 is 0 Å². The maximum absolute atomic E-state index is 8.45. The van der Waals surface area contributed by atoms with E-state index in [-0.39, 0.29) is 6.61 Å². The average Bonchev–Trinajstić information content (AvgIpc) is 2.35. The Balaban J connectivity index is 2.85. The van der Waals surface area contributed by atoms with Crippen molar-refractivity contribution in [3.8, 4) is 0 Å². The molecular formula is C12H27NO4. The van der Waals surface area contributed by atoms with Crippen molar-refractivity contribution >= 4 is 0 Å². The number of aliphatic hydroxyl groups excluding tert-OH is 1. The molecular weight excluding hydrogens is 222 g/mol. The van der Waals surface area contributed by atoms with Crippen molar-refractivity contribution in [1.29, 1.82) is 0 Å². The Labute approximate surface area is 104 Å². The summed E-state index contributed by atoms with van der Waals surface area (Å²) >= 11 is 0. The molecule has 0 rings (SSSR count). The lowest BCUT2D eigenvalue weighted by Gasteiger charge is -2.07. The monoisotopic (exact) mass is 249 g/mol. The summed E-state index contributed by atoms with van der Waals surface area (Å²) in [5.41, 5.74) is 0. The molecule has 0 atom stereocenters. The van der Waals surface area contributed by atoms with Gasteiger partial charge in [-0.3, -0.25) is 0 Å². The molecule has 0 saturated heterocycles. The minimum Gasteiger partial charge on any atom is -0.394 e. The SMILES string of the molecule is CCCCNCCOCCOCCOCCO. The van der Waals surface area contributed by atoms with E-state index in [1.165, 1.54) is 12.8 Å². The van der Waals surface area contributed by atoms with Gasteiger partial charge in [-0.25, -0.2) is 0 Å². The van der Waals surface area contributed by atoms with Gasteiger partial charge in [0.2, 0.25) is 0 Å². The van der Waals surface area contributed by atoms with Gasteiger partial charge in [-0.05, 0) is 13.0 Å². The maximum atomic E-state index is 8.45. The summed E-state index contributed by atoms with van der Waals surface area (Å²) in [7, 11) is 0. The van der Waals surface area contributed by atoms with Crippen molar-refractivity contribution in [3.05, 3.63) is 0 Å². The van der Waals surface area contributed by atoms with Crippen LogP contribution in [0, 0.1) is 0 Å². The molecule has 0 aliphatic heterocycles. The van der Waals surface area contributed by atoms with Crippen LogP contribution in [0.5, 0.6) is 0 Å². The summed E-state index contributed by atoms with van der Waals surface area (Å²) < 4.78 is 15.7. The molecule has 5 heteroatoms. The Morgan fingerprint density at radius 2 is 1.41 bits per heavy atom. The van der Waals surface area contributed by atoms with Crippen LogP contribution in [0.25, 0.3) is 0 Å². The molecule has 5 nitrogen and oxygen atoms in total. The second kappa shape index (κ2) is 15.8. The predicted molar refractivity (Wildman–Crippen MR) is 67.3 cm³/mol. The van der Waals surface area contributed by atoms with E-state index in [1.807, 2.05) is 0 Å². The average molecular weight is 249 g/mol. The second-order valence-electron chi connectivity index (χ2n) is 3.66. The number of unbranched alkanes of at least 4 members (excludes halogenated alkanes) is 1. The van der Waals surface area contributed by atoms with Crippen LogP contribution < -0.4 is 5.32 Å². The summed E-state index contributed by atoms with van der Waals surface area (Å²) in [4.78, 5) is 0. The van der Waals surface area contributed by atoms with Crippen LogP contribution in [0.1, 0.15) is 19.8 Å². The predicted octanol–water partition coefficient (Wildman–Crippen LogP) is 0.418. The van der Waals surface area contributed by atoms with Crippen LogP contribution in [-0.4, -0.2) is 64.4 Å². The molecule has 0 aliphatic rings. The molecule has 0 aliphatic carbocycles. The Morgan fingerprint density at radius 3 is 2.00 bits per heavy atom. The number of ether oxygens (including phenoxy) is 3. The van der Waals surface area contributed by atoms with E-state index in [9.17, 15) is 0 Å². The summed E-state index contributed by atoms with van der Waals surface area (Å²) in [6, 6.07) is 0. The molecule has 2 N–H and O–H groups in total. The highest BCUT2D eigenvalue weighted by molar-refractivity contribution is 4.45. The van der Waals surface area contributed by atoms with E-state index >= 15 is 0 Å². The molecule has 0 bridgehead atoms. The lowest BCUT2D eigenvalue weighted by molar-refractivity contribution is 0.00822. The highest BCUT2D eigenvalue weighted by Gasteiger charge is 1.91. The lowest BCUT2D eigenvalue weighted by atomic mass is 10.3. The normalized spacial score (nSPS) is 10.9. The molecule has 0 aromatic heterocycles. The summed E-state index contributed by atoms with van der Waals surface area (Å²) in [6.07, 6.45) is 2.44. The first kappa shape index (κ1) is 16.8. The van der Waals surface area contributed by atoms with Crippen LogP contribution in [0.15, 0.2) is 0 Å². The van der Waals surface area contributed by atoms with Crippen molar-refractivity contribution in [1.82, 2.24) is 5.32 Å². The maximum Gasteiger partial charge on any atom is 0.0701 e. The van der Waals surface area contributed by atoms with Crippen molar-refractivity contribution < 1.29 is 19.3 Å². The van der Waals surface area contributed by atoms with Gasteiger partial charge in [-0.1, -0.05) is 13.3 Å². The highest BCUT2D eigenvalue weighted by atomic mass is 16.5. The Morgan fingerprint density at radius 1 is 0.824 bits per heavy atom. The van der Waals surface area contributed by atoms with Crippen LogP contribution in [0.4, 0.5) is 0 Å². The molecule has 0 unspecified atom stereocenters. The minimum absolute atomic E-state index is 0.0636. The van der Waals surface area contributed by atoms with Crippen LogP contribution in [0.3, 0.4) is 0 Å². The fourth-order valence-electron chi connectivity index (χ4n) is 1.18. The van der Waals surface area contributed by atoms with E-state index in [0.717, 1.165) is 19.7 Å². The zero-order chi connectivity index (χ0) is 12.6. The van der Waals surface area contributed by atoms with Crippen LogP contribution in [0.2, 0.25) is 0 Å². The molecule has 0 aromatic carbocycles. The van der Waals surface area contributed by atoms with Gasteiger partial charge in [0.1, 0.15) is 0 Å². The fourth-order valence-corrected chi connectivity index (χ4v) is 1.18. The van der Waals surface area contributed by atoms with Crippen LogP contribution in [-0.2, 0) is 14.2 Å². The van der Waals surface area contributed by atoms with E-state index in [0.29, 0.717) is 33.0 Å². The van der Waals surface area contributed by atoms with Gasteiger partial charge in [-0.2, -0.15) is 0 Å². The van der Waals surface area contributed by atoms with Crippen molar-refractivity contribution in [2.24, 2.45) is 0 Å². The number of aliphatic hydroxyl groups is 1. The van der Waals surface area contributed by atoms with Crippen molar-refractivity contribution in [2.75, 3.05) is 59.3 Å². The summed E-state index contributed by atoms with van der Waals surface area (Å²) in [5.74, 6) is 0. The van der Waals surface area contributed by atoms with E-state index in [2.05, 4.69) is 12.2 Å². The van der Waals surface area contributed by atoms with E-state index in [4.69, 9.17) is 19.3 Å². The van der Waals surface area contributed by atoms with Gasteiger partial charge < -0.3 is 24.6 Å². The smallest absolute Gasteiger partial charge is 0.0701 e. The lowest BCUT2D eigenvalue weighted by Crippen LogP contribution is -2.21. The Bertz CT molecular complexity index is 122. The quantitative estimate of drug-likeness (QED) is 0.437. The number of nitrogens with one attached hydrogen (secondary N) is 1. The number of hydrogen-bond acceptors (Lipinski definition) is 5. The molecule has 17 heavy (non-hydrogen) atoms.